The predicted octanol–water partition coefficient (Wildman–Crippen LogP) is 4.39. The van der Waals surface area contributed by atoms with Gasteiger partial charge in [-0.2, -0.15) is 0 Å². The third-order valence-electron chi connectivity index (χ3n) is 3.41. The van der Waals surface area contributed by atoms with E-state index in [1.807, 2.05) is 12.3 Å². The molecule has 0 fully saturated rings. The average molecular weight is 275 g/mol. The van der Waals surface area contributed by atoms with Gasteiger partial charge in [-0.25, -0.2) is 0 Å². The van der Waals surface area contributed by atoms with Crippen molar-refractivity contribution >= 4 is 11.5 Å². The van der Waals surface area contributed by atoms with Crippen molar-refractivity contribution < 1.29 is 9.53 Å². The minimum Gasteiger partial charge on any atom is -0.469 e. The Kier molecular flexibility index (Phi) is 8.36. The number of hydrogen-bond acceptors (Lipinski definition) is 3. The first-order valence-electron chi connectivity index (χ1n) is 7.39. The van der Waals surface area contributed by atoms with Gasteiger partial charge < -0.3 is 4.74 Å². The molecular formula is C17H25NO2. The summed E-state index contributed by atoms with van der Waals surface area (Å²) in [6.45, 7) is 4.11. The maximum atomic E-state index is 10.9. The van der Waals surface area contributed by atoms with Crippen LogP contribution in [-0.2, 0) is 9.53 Å². The summed E-state index contributed by atoms with van der Waals surface area (Å²) in [7, 11) is 1.44. The van der Waals surface area contributed by atoms with Crippen LogP contribution in [0.5, 0.6) is 0 Å². The molecule has 0 aliphatic heterocycles. The van der Waals surface area contributed by atoms with Crippen LogP contribution in [-0.4, -0.2) is 18.1 Å². The number of unbranched alkanes of at least 4 members (excludes halogenated alkanes) is 5. The van der Waals surface area contributed by atoms with E-state index in [1.54, 1.807) is 6.20 Å². The Bertz CT molecular complexity index is 401. The maximum Gasteiger partial charge on any atom is 0.305 e. The SMILES string of the molecule is C=C(CCCCCCCCC(=O)OC)c1cccnc1. The zero-order valence-electron chi connectivity index (χ0n) is 12.4. The fraction of sp³-hybridized carbons (Fsp3) is 0.529. The van der Waals surface area contributed by atoms with Crippen molar-refractivity contribution in [2.45, 2.75) is 51.4 Å². The molecule has 0 spiro atoms. The van der Waals surface area contributed by atoms with Gasteiger partial charge in [-0.05, 0) is 36.5 Å². The molecule has 1 heterocycles. The van der Waals surface area contributed by atoms with Crippen LogP contribution < -0.4 is 0 Å². The topological polar surface area (TPSA) is 39.2 Å². The number of hydrogen-bond donors (Lipinski definition) is 0. The Morgan fingerprint density at radius 1 is 1.15 bits per heavy atom. The lowest BCUT2D eigenvalue weighted by molar-refractivity contribution is -0.140. The van der Waals surface area contributed by atoms with E-state index in [0.29, 0.717) is 6.42 Å². The minimum absolute atomic E-state index is 0.0993. The lowest BCUT2D eigenvalue weighted by atomic mass is 10.0. The molecule has 0 N–H and O–H groups in total. The molecule has 110 valence electrons. The first kappa shape index (κ1) is 16.4. The highest BCUT2D eigenvalue weighted by atomic mass is 16.5. The van der Waals surface area contributed by atoms with Gasteiger partial charge in [0.15, 0.2) is 0 Å². The Labute approximate surface area is 122 Å². The van der Waals surface area contributed by atoms with E-state index in [1.165, 1.54) is 38.4 Å². The van der Waals surface area contributed by atoms with Gasteiger partial charge in [-0.3, -0.25) is 9.78 Å². The summed E-state index contributed by atoms with van der Waals surface area (Å²) in [4.78, 5) is 15.0. The highest BCUT2D eigenvalue weighted by Crippen LogP contribution is 2.18. The lowest BCUT2D eigenvalue weighted by Gasteiger charge is -2.05. The number of nitrogens with zero attached hydrogens (tertiary/aromatic N) is 1. The molecule has 0 unspecified atom stereocenters. The van der Waals surface area contributed by atoms with Crippen LogP contribution in [0.3, 0.4) is 0 Å². The van der Waals surface area contributed by atoms with Crippen molar-refractivity contribution in [3.63, 3.8) is 0 Å². The van der Waals surface area contributed by atoms with Crippen LogP contribution in [0.2, 0.25) is 0 Å². The fourth-order valence-electron chi connectivity index (χ4n) is 2.13. The smallest absolute Gasteiger partial charge is 0.305 e. The molecule has 0 amide bonds. The first-order valence-corrected chi connectivity index (χ1v) is 7.39. The number of pyridine rings is 1. The normalized spacial score (nSPS) is 10.2. The van der Waals surface area contributed by atoms with Crippen LogP contribution >= 0.6 is 0 Å². The van der Waals surface area contributed by atoms with Crippen LogP contribution in [0.25, 0.3) is 5.57 Å². The number of ether oxygens (including phenoxy) is 1. The summed E-state index contributed by atoms with van der Waals surface area (Å²) in [5.74, 6) is -0.0993. The third-order valence-corrected chi connectivity index (χ3v) is 3.41. The van der Waals surface area contributed by atoms with E-state index >= 15 is 0 Å². The molecule has 0 radical (unpaired) electrons. The number of methoxy groups -OCH3 is 1. The molecule has 1 aromatic rings. The Morgan fingerprint density at radius 3 is 2.40 bits per heavy atom. The molecule has 1 aromatic heterocycles. The maximum absolute atomic E-state index is 10.9. The van der Waals surface area contributed by atoms with Crippen molar-refractivity contribution in [2.75, 3.05) is 7.11 Å². The van der Waals surface area contributed by atoms with Crippen molar-refractivity contribution in [1.29, 1.82) is 0 Å². The number of aromatic nitrogens is 1. The minimum atomic E-state index is -0.0993. The first-order chi connectivity index (χ1) is 9.74. The summed E-state index contributed by atoms with van der Waals surface area (Å²) < 4.78 is 4.61. The highest BCUT2D eigenvalue weighted by molar-refractivity contribution is 5.68. The van der Waals surface area contributed by atoms with Gasteiger partial charge in [0.25, 0.3) is 0 Å². The van der Waals surface area contributed by atoms with Gasteiger partial charge in [-0.15, -0.1) is 0 Å². The summed E-state index contributed by atoms with van der Waals surface area (Å²) in [6, 6.07) is 4.00. The van der Waals surface area contributed by atoms with E-state index in [0.717, 1.165) is 24.8 Å². The second kappa shape index (κ2) is 10.2. The largest absolute Gasteiger partial charge is 0.469 e. The van der Waals surface area contributed by atoms with Gasteiger partial charge in [0.2, 0.25) is 0 Å². The Balaban J connectivity index is 1.97. The van der Waals surface area contributed by atoms with E-state index < -0.39 is 0 Å². The van der Waals surface area contributed by atoms with E-state index in [-0.39, 0.29) is 5.97 Å². The monoisotopic (exact) mass is 275 g/mol. The molecule has 0 aromatic carbocycles. The fourth-order valence-corrected chi connectivity index (χ4v) is 2.13. The van der Waals surface area contributed by atoms with E-state index in [9.17, 15) is 4.79 Å². The van der Waals surface area contributed by atoms with E-state index in [4.69, 9.17) is 0 Å². The van der Waals surface area contributed by atoms with Gasteiger partial charge >= 0.3 is 5.97 Å². The molecule has 0 aliphatic rings. The zero-order valence-corrected chi connectivity index (χ0v) is 12.4. The summed E-state index contributed by atoms with van der Waals surface area (Å²) in [5, 5.41) is 0. The molecule has 0 atom stereocenters. The standard InChI is InChI=1S/C17H25NO2/c1-15(16-11-9-13-18-14-16)10-7-5-3-4-6-8-12-17(19)20-2/h9,11,13-14H,1,3-8,10,12H2,2H3. The molecule has 20 heavy (non-hydrogen) atoms. The van der Waals surface area contributed by atoms with Crippen LogP contribution in [0.4, 0.5) is 0 Å². The second-order valence-corrected chi connectivity index (χ2v) is 5.04. The van der Waals surface area contributed by atoms with E-state index in [2.05, 4.69) is 22.4 Å². The molecule has 0 aliphatic carbocycles. The zero-order chi connectivity index (χ0) is 14.6. The highest BCUT2D eigenvalue weighted by Gasteiger charge is 2.00. The van der Waals surface area contributed by atoms with Gasteiger partial charge in [0, 0.05) is 18.8 Å². The number of allylic oxidation sites excluding steroid dienone is 1. The number of esters is 1. The molecule has 1 rings (SSSR count). The summed E-state index contributed by atoms with van der Waals surface area (Å²) >= 11 is 0. The van der Waals surface area contributed by atoms with Crippen LogP contribution in [0, 0.1) is 0 Å². The van der Waals surface area contributed by atoms with Crippen LogP contribution in [0.1, 0.15) is 56.9 Å². The summed E-state index contributed by atoms with van der Waals surface area (Å²) in [6.07, 6.45) is 12.1. The Hall–Kier alpha value is -1.64. The van der Waals surface area contributed by atoms with Crippen LogP contribution in [0.15, 0.2) is 31.1 Å². The quantitative estimate of drug-likeness (QED) is 0.469. The lowest BCUT2D eigenvalue weighted by Crippen LogP contribution is -1.99. The summed E-state index contributed by atoms with van der Waals surface area (Å²) in [5.41, 5.74) is 2.31. The molecular weight excluding hydrogens is 250 g/mol. The number of carbonyl (C=O) groups is 1. The number of rotatable bonds is 10. The van der Waals surface area contributed by atoms with Crippen molar-refractivity contribution in [3.8, 4) is 0 Å². The molecule has 0 bridgehead atoms. The molecule has 0 saturated heterocycles. The predicted molar refractivity (Wildman–Crippen MR) is 82.2 cm³/mol. The van der Waals surface area contributed by atoms with Gasteiger partial charge in [0.05, 0.1) is 7.11 Å². The molecule has 3 nitrogen and oxygen atoms in total. The Morgan fingerprint density at radius 2 is 1.80 bits per heavy atom. The van der Waals surface area contributed by atoms with Gasteiger partial charge in [0.1, 0.15) is 0 Å². The van der Waals surface area contributed by atoms with Gasteiger partial charge in [-0.1, -0.05) is 38.3 Å². The number of carbonyl (C=O) groups excluding carboxylic acids is 1. The average Bonchev–Trinajstić information content (AvgIpc) is 2.50. The molecule has 0 saturated carbocycles. The third kappa shape index (κ3) is 7.07. The van der Waals surface area contributed by atoms with Crippen molar-refractivity contribution in [3.05, 3.63) is 36.7 Å². The molecule has 3 heteroatoms. The second-order valence-electron chi connectivity index (χ2n) is 5.04. The van der Waals surface area contributed by atoms with Crippen molar-refractivity contribution in [1.82, 2.24) is 4.98 Å². The van der Waals surface area contributed by atoms with Crippen molar-refractivity contribution in [2.24, 2.45) is 0 Å².